The minimum Gasteiger partial charge on any atom is -0.338 e. The molecule has 1 N–H and O–H groups in total. The van der Waals surface area contributed by atoms with Crippen molar-refractivity contribution < 1.29 is 14.0 Å². The monoisotopic (exact) mass is 388 g/mol. The number of rotatable bonds is 5. The topological polar surface area (TPSA) is 65.0 Å². The maximum Gasteiger partial charge on any atom is 0.317 e. The average molecular weight is 388 g/mol. The second kappa shape index (κ2) is 8.30. The van der Waals surface area contributed by atoms with E-state index >= 15 is 0 Å². The number of thiophene rings is 1. The molecular formula is C19H21FN4O2S. The van der Waals surface area contributed by atoms with Crippen molar-refractivity contribution >= 4 is 29.0 Å². The molecule has 3 rings (SSSR count). The summed E-state index contributed by atoms with van der Waals surface area (Å²) in [7, 11) is 1.54. The van der Waals surface area contributed by atoms with E-state index in [1.165, 1.54) is 27.3 Å². The van der Waals surface area contributed by atoms with Crippen molar-refractivity contribution in [3.05, 3.63) is 58.0 Å². The molecule has 1 aromatic heterocycles. The van der Waals surface area contributed by atoms with Gasteiger partial charge in [0.05, 0.1) is 16.6 Å². The summed E-state index contributed by atoms with van der Waals surface area (Å²) in [6, 6.07) is 9.37. The van der Waals surface area contributed by atoms with Crippen molar-refractivity contribution in [2.24, 2.45) is 5.10 Å². The number of halogens is 1. The zero-order valence-corrected chi connectivity index (χ0v) is 16.0. The van der Waals surface area contributed by atoms with Crippen LogP contribution in [0.1, 0.15) is 29.8 Å². The lowest BCUT2D eigenvalue weighted by Crippen LogP contribution is -2.43. The molecule has 1 aliphatic rings. The molecule has 0 bridgehead atoms. The molecule has 142 valence electrons. The molecule has 1 atom stereocenters. The van der Waals surface area contributed by atoms with Gasteiger partial charge in [-0.05, 0) is 24.4 Å². The molecule has 1 unspecified atom stereocenters. The fourth-order valence-electron chi connectivity index (χ4n) is 2.95. The smallest absolute Gasteiger partial charge is 0.317 e. The lowest BCUT2D eigenvalue weighted by atomic mass is 10.0. The first-order valence-electron chi connectivity index (χ1n) is 8.68. The summed E-state index contributed by atoms with van der Waals surface area (Å²) in [5.41, 5.74) is 1.16. The Balaban J connectivity index is 1.86. The molecule has 1 aliphatic heterocycles. The van der Waals surface area contributed by atoms with E-state index in [4.69, 9.17) is 0 Å². The summed E-state index contributed by atoms with van der Waals surface area (Å²) < 4.78 is 14.4. The fraction of sp³-hybridized carbons (Fsp3) is 0.316. The van der Waals surface area contributed by atoms with E-state index in [0.29, 0.717) is 18.5 Å². The molecule has 2 aromatic rings. The van der Waals surface area contributed by atoms with E-state index < -0.39 is 6.04 Å². The number of hydrogen-bond donors (Lipinski definition) is 1. The maximum absolute atomic E-state index is 14.4. The number of urea groups is 1. The summed E-state index contributed by atoms with van der Waals surface area (Å²) in [6.45, 7) is 2.14. The van der Waals surface area contributed by atoms with Gasteiger partial charge in [-0.2, -0.15) is 5.10 Å². The number of nitrogens with one attached hydrogen (secondary N) is 1. The molecule has 0 fully saturated rings. The van der Waals surface area contributed by atoms with Crippen molar-refractivity contribution in [1.82, 2.24) is 15.2 Å². The Bertz CT molecular complexity index is 853. The molecule has 0 radical (unpaired) electrons. The third-order valence-corrected chi connectivity index (χ3v) is 5.20. The van der Waals surface area contributed by atoms with Gasteiger partial charge >= 0.3 is 6.03 Å². The van der Waals surface area contributed by atoms with Gasteiger partial charge in [-0.1, -0.05) is 24.3 Å². The fourth-order valence-corrected chi connectivity index (χ4v) is 3.67. The Labute approximate surface area is 161 Å². The molecule has 2 heterocycles. The van der Waals surface area contributed by atoms with Crippen LogP contribution in [0.3, 0.4) is 0 Å². The van der Waals surface area contributed by atoms with Crippen LogP contribution < -0.4 is 5.32 Å². The first-order valence-corrected chi connectivity index (χ1v) is 9.56. The van der Waals surface area contributed by atoms with Crippen molar-refractivity contribution in [3.63, 3.8) is 0 Å². The molecule has 0 aliphatic carbocycles. The summed E-state index contributed by atoms with van der Waals surface area (Å²) in [6.07, 6.45) is 0.429. The largest absolute Gasteiger partial charge is 0.338 e. The van der Waals surface area contributed by atoms with Gasteiger partial charge in [-0.3, -0.25) is 4.79 Å². The standard InChI is InChI=1S/C19H21FN4O2S/c1-3-21-19(26)23(2)12-18(25)24-16(13-7-4-5-8-14(13)20)11-15(22-24)17-9-6-10-27-17/h4-10,16H,3,11-12H2,1-2H3,(H,21,26). The normalized spacial score (nSPS) is 16.2. The number of amides is 3. The van der Waals surface area contributed by atoms with Crippen molar-refractivity contribution in [2.75, 3.05) is 20.1 Å². The first kappa shape index (κ1) is 19.0. The molecule has 8 heteroatoms. The van der Waals surface area contributed by atoms with Gasteiger partial charge in [-0.15, -0.1) is 11.3 Å². The molecular weight excluding hydrogens is 367 g/mol. The van der Waals surface area contributed by atoms with Gasteiger partial charge in [-0.25, -0.2) is 14.2 Å². The van der Waals surface area contributed by atoms with Crippen LogP contribution in [0.15, 0.2) is 46.9 Å². The SMILES string of the molecule is CCNC(=O)N(C)CC(=O)N1N=C(c2cccs2)CC1c1ccccc1F. The number of benzene rings is 1. The van der Waals surface area contributed by atoms with E-state index in [1.54, 1.807) is 32.2 Å². The van der Waals surface area contributed by atoms with Gasteiger partial charge < -0.3 is 10.2 Å². The Morgan fingerprint density at radius 1 is 1.33 bits per heavy atom. The third kappa shape index (κ3) is 4.16. The van der Waals surface area contributed by atoms with E-state index in [2.05, 4.69) is 10.4 Å². The van der Waals surface area contributed by atoms with Crippen molar-refractivity contribution in [1.29, 1.82) is 0 Å². The Kier molecular flexibility index (Phi) is 5.85. The van der Waals surface area contributed by atoms with E-state index in [9.17, 15) is 14.0 Å². The van der Waals surface area contributed by atoms with Crippen molar-refractivity contribution in [2.45, 2.75) is 19.4 Å². The Morgan fingerprint density at radius 3 is 2.78 bits per heavy atom. The summed E-state index contributed by atoms with van der Waals surface area (Å²) in [4.78, 5) is 27.0. The highest BCUT2D eigenvalue weighted by atomic mass is 32.1. The zero-order chi connectivity index (χ0) is 19.4. The number of carbonyl (C=O) groups is 2. The van der Waals surface area contributed by atoms with Gasteiger partial charge in [0.15, 0.2) is 0 Å². The maximum atomic E-state index is 14.4. The highest BCUT2D eigenvalue weighted by Gasteiger charge is 2.35. The molecule has 27 heavy (non-hydrogen) atoms. The molecule has 0 saturated heterocycles. The summed E-state index contributed by atoms with van der Waals surface area (Å²) >= 11 is 1.52. The number of hydrazone groups is 1. The van der Waals surface area contributed by atoms with E-state index in [1.807, 2.05) is 17.5 Å². The van der Waals surface area contributed by atoms with Crippen LogP contribution in [0.5, 0.6) is 0 Å². The van der Waals surface area contributed by atoms with Crippen LogP contribution in [-0.4, -0.2) is 47.7 Å². The Morgan fingerprint density at radius 2 is 2.11 bits per heavy atom. The number of carbonyl (C=O) groups excluding carboxylic acids is 2. The third-order valence-electron chi connectivity index (χ3n) is 4.28. The van der Waals surface area contributed by atoms with Gasteiger partial charge in [0, 0.05) is 25.6 Å². The van der Waals surface area contributed by atoms with Crippen LogP contribution >= 0.6 is 11.3 Å². The second-order valence-electron chi connectivity index (χ2n) is 6.20. The zero-order valence-electron chi connectivity index (χ0n) is 15.2. The predicted molar refractivity (Wildman–Crippen MR) is 103 cm³/mol. The quantitative estimate of drug-likeness (QED) is 0.855. The van der Waals surface area contributed by atoms with Crippen LogP contribution in [-0.2, 0) is 4.79 Å². The molecule has 0 saturated carbocycles. The van der Waals surface area contributed by atoms with Crippen LogP contribution in [0, 0.1) is 5.82 Å². The van der Waals surface area contributed by atoms with Gasteiger partial charge in [0.2, 0.25) is 0 Å². The first-order chi connectivity index (χ1) is 13.0. The second-order valence-corrected chi connectivity index (χ2v) is 7.14. The lowest BCUT2D eigenvalue weighted by molar-refractivity contribution is -0.133. The van der Waals surface area contributed by atoms with E-state index in [-0.39, 0.29) is 24.3 Å². The van der Waals surface area contributed by atoms with Gasteiger partial charge in [0.25, 0.3) is 5.91 Å². The summed E-state index contributed by atoms with van der Waals surface area (Å²) in [5, 5.41) is 10.4. The molecule has 1 aromatic carbocycles. The highest BCUT2D eigenvalue weighted by molar-refractivity contribution is 7.12. The van der Waals surface area contributed by atoms with Gasteiger partial charge in [0.1, 0.15) is 12.4 Å². The lowest BCUT2D eigenvalue weighted by Gasteiger charge is -2.25. The molecule has 0 spiro atoms. The number of nitrogens with zero attached hydrogens (tertiary/aromatic N) is 3. The minimum absolute atomic E-state index is 0.141. The van der Waals surface area contributed by atoms with Crippen molar-refractivity contribution in [3.8, 4) is 0 Å². The molecule has 6 nitrogen and oxygen atoms in total. The highest BCUT2D eigenvalue weighted by Crippen LogP contribution is 2.35. The Hall–Kier alpha value is -2.74. The minimum atomic E-state index is -0.529. The predicted octanol–water partition coefficient (Wildman–Crippen LogP) is 3.23. The van der Waals surface area contributed by atoms with Crippen LogP contribution in [0.25, 0.3) is 0 Å². The number of likely N-dealkylation sites (N-methyl/N-ethyl adjacent to an activating group) is 1. The van der Waals surface area contributed by atoms with Crippen LogP contribution in [0.4, 0.5) is 9.18 Å². The number of hydrogen-bond acceptors (Lipinski definition) is 4. The average Bonchev–Trinajstić information content (AvgIpc) is 3.32. The van der Waals surface area contributed by atoms with Crippen LogP contribution in [0.2, 0.25) is 0 Å². The molecule has 3 amide bonds. The van der Waals surface area contributed by atoms with E-state index in [0.717, 1.165) is 10.6 Å². The summed E-state index contributed by atoms with van der Waals surface area (Å²) in [5.74, 6) is -0.733.